The largest absolute Gasteiger partial charge is 0.433 e. The maximum atomic E-state index is 12.6. The minimum atomic E-state index is -2.99. The third kappa shape index (κ3) is 6.85. The zero-order chi connectivity index (χ0) is 23.8. The van der Waals surface area contributed by atoms with E-state index in [2.05, 4.69) is 15.4 Å². The SMILES string of the molecule is CC(c1cccc(NC(=O)c2ccccc2)c1)N(C)CC(=O)Nc1ccccc1OC(F)F. The number of rotatable bonds is 9. The second-order valence-corrected chi connectivity index (χ2v) is 7.46. The van der Waals surface area contributed by atoms with E-state index >= 15 is 0 Å². The normalized spacial score (nSPS) is 11.8. The Kier molecular flexibility index (Phi) is 8.10. The van der Waals surface area contributed by atoms with E-state index in [1.165, 1.54) is 12.1 Å². The molecule has 0 aromatic heterocycles. The van der Waals surface area contributed by atoms with Gasteiger partial charge in [0.15, 0.2) is 0 Å². The van der Waals surface area contributed by atoms with E-state index in [0.29, 0.717) is 11.3 Å². The fourth-order valence-corrected chi connectivity index (χ4v) is 3.25. The first-order valence-corrected chi connectivity index (χ1v) is 10.3. The molecule has 0 saturated heterocycles. The first kappa shape index (κ1) is 23.9. The minimum absolute atomic E-state index is 0.0186. The summed E-state index contributed by atoms with van der Waals surface area (Å²) < 4.78 is 29.6. The molecule has 3 aromatic rings. The molecule has 0 aliphatic carbocycles. The van der Waals surface area contributed by atoms with Crippen molar-refractivity contribution in [3.8, 4) is 5.75 Å². The van der Waals surface area contributed by atoms with Crippen LogP contribution in [-0.4, -0.2) is 36.9 Å². The fourth-order valence-electron chi connectivity index (χ4n) is 3.25. The van der Waals surface area contributed by atoms with E-state index in [1.807, 2.05) is 36.1 Å². The molecular weight excluding hydrogens is 428 g/mol. The number of alkyl halides is 2. The predicted molar refractivity (Wildman–Crippen MR) is 124 cm³/mol. The van der Waals surface area contributed by atoms with Gasteiger partial charge in [-0.15, -0.1) is 0 Å². The van der Waals surface area contributed by atoms with Crippen molar-refractivity contribution in [2.45, 2.75) is 19.6 Å². The molecule has 0 radical (unpaired) electrons. The topological polar surface area (TPSA) is 70.7 Å². The molecule has 3 aromatic carbocycles. The lowest BCUT2D eigenvalue weighted by Gasteiger charge is -2.25. The van der Waals surface area contributed by atoms with Crippen LogP contribution in [0.4, 0.5) is 20.2 Å². The number of hydrogen-bond donors (Lipinski definition) is 2. The summed E-state index contributed by atoms with van der Waals surface area (Å²) in [6.45, 7) is -1.04. The van der Waals surface area contributed by atoms with Crippen molar-refractivity contribution in [1.29, 1.82) is 0 Å². The molecule has 0 aliphatic rings. The van der Waals surface area contributed by atoms with E-state index in [4.69, 9.17) is 0 Å². The number of halogens is 2. The van der Waals surface area contributed by atoms with E-state index in [-0.39, 0.29) is 35.8 Å². The number of ether oxygens (including phenoxy) is 1. The number of para-hydroxylation sites is 2. The van der Waals surface area contributed by atoms with Gasteiger partial charge in [0.2, 0.25) is 5.91 Å². The summed E-state index contributed by atoms with van der Waals surface area (Å²) in [5.41, 5.74) is 2.28. The Balaban J connectivity index is 1.62. The van der Waals surface area contributed by atoms with Gasteiger partial charge in [0, 0.05) is 17.3 Å². The van der Waals surface area contributed by atoms with Crippen molar-refractivity contribution in [1.82, 2.24) is 4.90 Å². The molecule has 6 nitrogen and oxygen atoms in total. The summed E-state index contributed by atoms with van der Waals surface area (Å²) in [5, 5.41) is 5.49. The Morgan fingerprint density at radius 1 is 0.939 bits per heavy atom. The molecule has 0 aliphatic heterocycles. The summed E-state index contributed by atoms with van der Waals surface area (Å²) in [6.07, 6.45) is 0. The molecule has 1 atom stereocenters. The Bertz CT molecular complexity index is 1090. The molecule has 8 heteroatoms. The molecule has 33 heavy (non-hydrogen) atoms. The molecule has 0 bridgehead atoms. The highest BCUT2D eigenvalue weighted by Crippen LogP contribution is 2.26. The minimum Gasteiger partial charge on any atom is -0.433 e. The van der Waals surface area contributed by atoms with Crippen LogP contribution in [0.5, 0.6) is 5.75 Å². The van der Waals surface area contributed by atoms with Gasteiger partial charge < -0.3 is 15.4 Å². The van der Waals surface area contributed by atoms with Gasteiger partial charge in [0.05, 0.1) is 12.2 Å². The van der Waals surface area contributed by atoms with E-state index in [1.54, 1.807) is 49.5 Å². The fraction of sp³-hybridized carbons (Fsp3) is 0.200. The van der Waals surface area contributed by atoms with Gasteiger partial charge in [0.1, 0.15) is 5.75 Å². The predicted octanol–water partition coefficient (Wildman–Crippen LogP) is 5.17. The van der Waals surface area contributed by atoms with Crippen LogP contribution in [0.15, 0.2) is 78.9 Å². The average molecular weight is 453 g/mol. The zero-order valence-electron chi connectivity index (χ0n) is 18.3. The Morgan fingerprint density at radius 3 is 2.36 bits per heavy atom. The van der Waals surface area contributed by atoms with E-state index in [0.717, 1.165) is 5.56 Å². The van der Waals surface area contributed by atoms with Crippen LogP contribution in [0.25, 0.3) is 0 Å². The Hall–Kier alpha value is -3.78. The molecule has 3 rings (SSSR count). The van der Waals surface area contributed by atoms with Gasteiger partial charge in [0.25, 0.3) is 5.91 Å². The van der Waals surface area contributed by atoms with Crippen molar-refractivity contribution in [2.75, 3.05) is 24.2 Å². The lowest BCUT2D eigenvalue weighted by Crippen LogP contribution is -2.32. The quantitative estimate of drug-likeness (QED) is 0.469. The van der Waals surface area contributed by atoms with Gasteiger partial charge >= 0.3 is 6.61 Å². The lowest BCUT2D eigenvalue weighted by atomic mass is 10.1. The van der Waals surface area contributed by atoms with Crippen LogP contribution >= 0.6 is 0 Å². The molecule has 0 heterocycles. The standard InChI is InChI=1S/C25H25F2N3O3/c1-17(19-11-8-12-20(15-19)28-24(32)18-9-4-3-5-10-18)30(2)16-23(31)29-21-13-6-7-14-22(21)33-25(26)27/h3-15,17,25H,16H2,1-2H3,(H,28,32)(H,29,31). The number of carbonyl (C=O) groups is 2. The molecule has 0 saturated carbocycles. The molecule has 1 unspecified atom stereocenters. The number of hydrogen-bond acceptors (Lipinski definition) is 4. The van der Waals surface area contributed by atoms with E-state index in [9.17, 15) is 18.4 Å². The summed E-state index contributed by atoms with van der Waals surface area (Å²) in [4.78, 5) is 26.7. The number of amides is 2. The third-order valence-electron chi connectivity index (χ3n) is 5.09. The Labute approximate surface area is 191 Å². The van der Waals surface area contributed by atoms with Gasteiger partial charge in [-0.25, -0.2) is 0 Å². The molecular formula is C25H25F2N3O3. The van der Waals surface area contributed by atoms with Gasteiger partial charge in [-0.2, -0.15) is 8.78 Å². The van der Waals surface area contributed by atoms with Crippen molar-refractivity contribution < 1.29 is 23.1 Å². The number of benzene rings is 3. The van der Waals surface area contributed by atoms with Crippen molar-refractivity contribution in [3.63, 3.8) is 0 Å². The molecule has 2 N–H and O–H groups in total. The lowest BCUT2D eigenvalue weighted by molar-refractivity contribution is -0.117. The van der Waals surface area contributed by atoms with Crippen LogP contribution in [0, 0.1) is 0 Å². The number of anilines is 2. The first-order chi connectivity index (χ1) is 15.8. The van der Waals surface area contributed by atoms with Gasteiger partial charge in [-0.1, -0.05) is 42.5 Å². The highest BCUT2D eigenvalue weighted by Gasteiger charge is 2.17. The van der Waals surface area contributed by atoms with Crippen LogP contribution in [0.3, 0.4) is 0 Å². The van der Waals surface area contributed by atoms with Crippen molar-refractivity contribution in [2.24, 2.45) is 0 Å². The van der Waals surface area contributed by atoms with Crippen LogP contribution in [0.1, 0.15) is 28.9 Å². The molecule has 172 valence electrons. The maximum absolute atomic E-state index is 12.6. The van der Waals surface area contributed by atoms with Gasteiger partial charge in [-0.3, -0.25) is 14.5 Å². The number of likely N-dealkylation sites (N-methyl/N-ethyl adjacent to an activating group) is 1. The third-order valence-corrected chi connectivity index (χ3v) is 5.09. The van der Waals surface area contributed by atoms with Crippen LogP contribution in [-0.2, 0) is 4.79 Å². The van der Waals surface area contributed by atoms with Gasteiger partial charge in [-0.05, 0) is 55.9 Å². The summed E-state index contributed by atoms with van der Waals surface area (Å²) in [7, 11) is 1.78. The van der Waals surface area contributed by atoms with Crippen molar-refractivity contribution in [3.05, 3.63) is 90.0 Å². The maximum Gasteiger partial charge on any atom is 0.387 e. The molecule has 0 fully saturated rings. The number of nitrogens with zero attached hydrogens (tertiary/aromatic N) is 1. The van der Waals surface area contributed by atoms with E-state index < -0.39 is 6.61 Å². The smallest absolute Gasteiger partial charge is 0.387 e. The Morgan fingerprint density at radius 2 is 1.64 bits per heavy atom. The highest BCUT2D eigenvalue weighted by atomic mass is 19.3. The number of carbonyl (C=O) groups excluding carboxylic acids is 2. The van der Waals surface area contributed by atoms with Crippen LogP contribution < -0.4 is 15.4 Å². The second-order valence-electron chi connectivity index (χ2n) is 7.46. The first-order valence-electron chi connectivity index (χ1n) is 10.3. The second kappa shape index (κ2) is 11.2. The summed E-state index contributed by atoms with van der Waals surface area (Å²) in [5.74, 6) is -0.681. The highest BCUT2D eigenvalue weighted by molar-refractivity contribution is 6.04. The summed E-state index contributed by atoms with van der Waals surface area (Å²) in [6, 6.07) is 22.2. The molecule has 2 amide bonds. The number of nitrogens with one attached hydrogen (secondary N) is 2. The monoisotopic (exact) mass is 453 g/mol. The summed E-state index contributed by atoms with van der Waals surface area (Å²) >= 11 is 0. The zero-order valence-corrected chi connectivity index (χ0v) is 18.3. The average Bonchev–Trinajstić information content (AvgIpc) is 2.80. The van der Waals surface area contributed by atoms with Crippen LogP contribution in [0.2, 0.25) is 0 Å². The molecule has 0 spiro atoms. The van der Waals surface area contributed by atoms with Crippen molar-refractivity contribution >= 4 is 23.2 Å².